The predicted molar refractivity (Wildman–Crippen MR) is 123 cm³/mol. The lowest BCUT2D eigenvalue weighted by Crippen LogP contribution is -2.56. The third kappa shape index (κ3) is 3.44. The summed E-state index contributed by atoms with van der Waals surface area (Å²) in [6, 6.07) is 1.88. The maximum Gasteiger partial charge on any atom is 0.211 e. The van der Waals surface area contributed by atoms with Gasteiger partial charge in [0, 0.05) is 54.2 Å². The number of nitrogens with zero attached hydrogens (tertiary/aromatic N) is 5. The van der Waals surface area contributed by atoms with E-state index < -0.39 is 0 Å². The van der Waals surface area contributed by atoms with Crippen molar-refractivity contribution in [2.45, 2.75) is 48.1 Å². The van der Waals surface area contributed by atoms with E-state index in [9.17, 15) is 0 Å². The van der Waals surface area contributed by atoms with E-state index in [1.807, 2.05) is 22.9 Å². The fourth-order valence-electron chi connectivity index (χ4n) is 4.59. The average Bonchev–Trinajstić information content (AvgIpc) is 3.33. The summed E-state index contributed by atoms with van der Waals surface area (Å²) in [5.41, 5.74) is 13.0. The Morgan fingerprint density at radius 1 is 1.16 bits per heavy atom. The van der Waals surface area contributed by atoms with Crippen LogP contribution in [-0.2, 0) is 4.74 Å². The monoisotopic (exact) mass is 459 g/mol. The van der Waals surface area contributed by atoms with Gasteiger partial charge >= 0.3 is 0 Å². The number of halogens is 1. The van der Waals surface area contributed by atoms with Crippen LogP contribution >= 0.6 is 23.4 Å². The molecule has 0 aromatic carbocycles. The number of aromatic nitrogens is 4. The van der Waals surface area contributed by atoms with E-state index in [1.54, 1.807) is 12.4 Å². The first-order valence-corrected chi connectivity index (χ1v) is 11.5. The molecule has 2 aliphatic rings. The van der Waals surface area contributed by atoms with Crippen molar-refractivity contribution < 1.29 is 4.74 Å². The Morgan fingerprint density at radius 3 is 2.65 bits per heavy atom. The topological polar surface area (TPSA) is 108 Å². The fourth-order valence-corrected chi connectivity index (χ4v) is 5.73. The zero-order valence-electron chi connectivity index (χ0n) is 17.6. The molecule has 1 spiro atoms. The Morgan fingerprint density at radius 2 is 1.94 bits per heavy atom. The van der Waals surface area contributed by atoms with E-state index in [0.717, 1.165) is 47.3 Å². The Hall–Kier alpha value is -2.07. The summed E-state index contributed by atoms with van der Waals surface area (Å²) in [4.78, 5) is 17.4. The number of imidazole rings is 1. The van der Waals surface area contributed by atoms with Crippen LogP contribution in [0.25, 0.3) is 5.65 Å². The molecule has 0 aliphatic carbocycles. The Balaban J connectivity index is 1.40. The minimum absolute atomic E-state index is 0.00846. The number of piperidine rings is 1. The first kappa shape index (κ1) is 20.8. The van der Waals surface area contributed by atoms with Crippen LogP contribution in [0.5, 0.6) is 0 Å². The standard InChI is InChI=1S/C21H26ClN7OS/c1-20(2)12-30-21(18(20)24)4-8-28(9-5-21)19-27-11-14(17-26-7-10-29(17)19)31-13-3-6-25-16(23)15(13)22/h3,6-7,10-11,18H,4-5,8-9,12,24H2,1-2H3,(H2,23,25). The second-order valence-electron chi connectivity index (χ2n) is 8.96. The Bertz CT molecular complexity index is 1130. The second kappa shape index (κ2) is 7.51. The molecule has 2 fully saturated rings. The maximum atomic E-state index is 6.60. The van der Waals surface area contributed by atoms with Gasteiger partial charge in [0.1, 0.15) is 5.82 Å². The van der Waals surface area contributed by atoms with Crippen LogP contribution in [0.3, 0.4) is 0 Å². The summed E-state index contributed by atoms with van der Waals surface area (Å²) >= 11 is 7.81. The molecule has 31 heavy (non-hydrogen) atoms. The third-order valence-corrected chi connectivity index (χ3v) is 8.08. The van der Waals surface area contributed by atoms with Gasteiger partial charge in [-0.15, -0.1) is 0 Å². The summed E-state index contributed by atoms with van der Waals surface area (Å²) in [5, 5.41) is 0.443. The third-order valence-electron chi connectivity index (χ3n) is 6.51. The average molecular weight is 460 g/mol. The molecule has 4 N–H and O–H groups in total. The highest BCUT2D eigenvalue weighted by Crippen LogP contribution is 2.44. The lowest BCUT2D eigenvalue weighted by molar-refractivity contribution is -0.0236. The molecule has 0 radical (unpaired) electrons. The first-order chi connectivity index (χ1) is 14.8. The van der Waals surface area contributed by atoms with Gasteiger partial charge in [-0.2, -0.15) is 0 Å². The molecule has 3 aromatic rings. The predicted octanol–water partition coefficient (Wildman–Crippen LogP) is 3.23. The van der Waals surface area contributed by atoms with E-state index in [1.165, 1.54) is 11.8 Å². The molecule has 164 valence electrons. The molecule has 0 amide bonds. The van der Waals surface area contributed by atoms with Crippen molar-refractivity contribution in [3.63, 3.8) is 0 Å². The SMILES string of the molecule is CC1(C)COC2(CCN(c3ncc(Sc4ccnc(N)c4Cl)c4nccn34)CC2)C1N. The lowest BCUT2D eigenvalue weighted by Gasteiger charge is -2.42. The Labute approximate surface area is 190 Å². The number of nitrogens with two attached hydrogens (primary N) is 2. The summed E-state index contributed by atoms with van der Waals surface area (Å²) in [6.45, 7) is 6.77. The van der Waals surface area contributed by atoms with E-state index in [-0.39, 0.29) is 17.1 Å². The van der Waals surface area contributed by atoms with Gasteiger partial charge in [0.2, 0.25) is 5.95 Å². The van der Waals surface area contributed by atoms with Crippen LogP contribution in [0.15, 0.2) is 40.6 Å². The molecule has 3 aromatic heterocycles. The van der Waals surface area contributed by atoms with Crippen molar-refractivity contribution in [1.82, 2.24) is 19.4 Å². The zero-order chi connectivity index (χ0) is 21.8. The quantitative estimate of drug-likeness (QED) is 0.614. The molecule has 5 rings (SSSR count). The molecule has 10 heteroatoms. The number of ether oxygens (including phenoxy) is 1. The highest BCUT2D eigenvalue weighted by atomic mass is 35.5. The summed E-state index contributed by atoms with van der Waals surface area (Å²) < 4.78 is 8.28. The molecule has 8 nitrogen and oxygen atoms in total. The van der Waals surface area contributed by atoms with Crippen molar-refractivity contribution in [1.29, 1.82) is 0 Å². The highest BCUT2D eigenvalue weighted by Gasteiger charge is 2.53. The van der Waals surface area contributed by atoms with E-state index >= 15 is 0 Å². The number of pyridine rings is 1. The van der Waals surface area contributed by atoms with Gasteiger partial charge in [0.05, 0.1) is 22.1 Å². The zero-order valence-corrected chi connectivity index (χ0v) is 19.2. The van der Waals surface area contributed by atoms with Crippen molar-refractivity contribution in [3.8, 4) is 0 Å². The molecule has 2 aliphatic heterocycles. The van der Waals surface area contributed by atoms with E-state index in [4.69, 9.17) is 32.8 Å². The van der Waals surface area contributed by atoms with Crippen molar-refractivity contribution in [2.24, 2.45) is 11.1 Å². The molecule has 0 bridgehead atoms. The van der Waals surface area contributed by atoms with Crippen LogP contribution in [0.2, 0.25) is 5.02 Å². The minimum Gasteiger partial charge on any atom is -0.382 e. The van der Waals surface area contributed by atoms with Crippen LogP contribution in [0, 0.1) is 5.41 Å². The maximum absolute atomic E-state index is 6.60. The van der Waals surface area contributed by atoms with E-state index in [0.29, 0.717) is 17.4 Å². The van der Waals surface area contributed by atoms with Gasteiger partial charge in [0.25, 0.3) is 0 Å². The molecule has 1 unspecified atom stereocenters. The number of hydrogen-bond acceptors (Lipinski definition) is 8. The Kier molecular flexibility index (Phi) is 5.04. The fraction of sp³-hybridized carbons (Fsp3) is 0.476. The van der Waals surface area contributed by atoms with Crippen LogP contribution in [0.4, 0.5) is 11.8 Å². The van der Waals surface area contributed by atoms with Crippen LogP contribution < -0.4 is 16.4 Å². The molecular formula is C21H26ClN7OS. The van der Waals surface area contributed by atoms with Crippen molar-refractivity contribution >= 4 is 40.8 Å². The first-order valence-electron chi connectivity index (χ1n) is 10.4. The molecule has 2 saturated heterocycles. The normalized spacial score (nSPS) is 22.5. The van der Waals surface area contributed by atoms with Crippen LogP contribution in [0.1, 0.15) is 26.7 Å². The van der Waals surface area contributed by atoms with Gasteiger partial charge in [-0.05, 0) is 18.9 Å². The van der Waals surface area contributed by atoms with Crippen LogP contribution in [-0.4, -0.2) is 50.7 Å². The minimum atomic E-state index is -0.234. The summed E-state index contributed by atoms with van der Waals surface area (Å²) in [7, 11) is 0. The van der Waals surface area contributed by atoms with E-state index in [2.05, 4.69) is 28.7 Å². The van der Waals surface area contributed by atoms with Crippen molar-refractivity contribution in [3.05, 3.63) is 35.9 Å². The second-order valence-corrected chi connectivity index (χ2v) is 10.4. The molecule has 0 saturated carbocycles. The number of rotatable bonds is 3. The van der Waals surface area contributed by atoms with Crippen molar-refractivity contribution in [2.75, 3.05) is 30.3 Å². The summed E-state index contributed by atoms with van der Waals surface area (Å²) in [5.74, 6) is 1.19. The number of anilines is 2. The largest absolute Gasteiger partial charge is 0.382 e. The van der Waals surface area contributed by atoms with Gasteiger partial charge in [-0.3, -0.25) is 4.40 Å². The van der Waals surface area contributed by atoms with Gasteiger partial charge in [-0.25, -0.2) is 15.0 Å². The number of hydrogen-bond donors (Lipinski definition) is 2. The smallest absolute Gasteiger partial charge is 0.211 e. The van der Waals surface area contributed by atoms with Gasteiger partial charge < -0.3 is 21.1 Å². The van der Waals surface area contributed by atoms with Gasteiger partial charge in [0.15, 0.2) is 5.65 Å². The molecule has 1 atom stereocenters. The highest BCUT2D eigenvalue weighted by molar-refractivity contribution is 7.99. The molecule has 5 heterocycles. The number of fused-ring (bicyclic) bond motifs is 1. The molecular weight excluding hydrogens is 434 g/mol. The number of nitrogen functional groups attached to an aromatic ring is 1. The summed E-state index contributed by atoms with van der Waals surface area (Å²) in [6.07, 6.45) is 9.00. The van der Waals surface area contributed by atoms with Gasteiger partial charge in [-0.1, -0.05) is 37.2 Å². The lowest BCUT2D eigenvalue weighted by atomic mass is 9.75.